The summed E-state index contributed by atoms with van der Waals surface area (Å²) in [5.74, 6) is 0.825. The third-order valence-electron chi connectivity index (χ3n) is 3.33. The minimum absolute atomic E-state index is 0.605. The average molecular weight is 365 g/mol. The molecule has 0 saturated carbocycles. The van der Waals surface area contributed by atoms with Crippen LogP contribution < -0.4 is 10.1 Å². The summed E-state index contributed by atoms with van der Waals surface area (Å²) in [6, 6.07) is 13.1. The topological polar surface area (TPSA) is 34.1 Å². The van der Waals surface area contributed by atoms with Crippen LogP contribution in [0.25, 0.3) is 11.3 Å². The molecule has 1 heterocycles. The van der Waals surface area contributed by atoms with Gasteiger partial charge in [0.25, 0.3) is 0 Å². The van der Waals surface area contributed by atoms with E-state index < -0.39 is 0 Å². The molecule has 3 nitrogen and oxygen atoms in total. The van der Waals surface area contributed by atoms with E-state index >= 15 is 0 Å². The second-order valence-corrected chi connectivity index (χ2v) is 6.95. The van der Waals surface area contributed by atoms with Crippen molar-refractivity contribution < 1.29 is 4.74 Å². The van der Waals surface area contributed by atoms with E-state index in [0.29, 0.717) is 10.0 Å². The zero-order chi connectivity index (χ0) is 16.4. The van der Waals surface area contributed by atoms with Crippen molar-refractivity contribution in [2.45, 2.75) is 6.92 Å². The van der Waals surface area contributed by atoms with Gasteiger partial charge in [0, 0.05) is 15.5 Å². The minimum Gasteiger partial charge on any atom is -0.497 e. The number of hydrogen-bond acceptors (Lipinski definition) is 4. The summed E-state index contributed by atoms with van der Waals surface area (Å²) in [5, 5.41) is 5.24. The number of nitrogens with one attached hydrogen (secondary N) is 1. The van der Waals surface area contributed by atoms with Crippen LogP contribution in [-0.2, 0) is 0 Å². The Kier molecular flexibility index (Phi) is 4.76. The van der Waals surface area contributed by atoms with Gasteiger partial charge in [-0.3, -0.25) is 0 Å². The lowest BCUT2D eigenvalue weighted by molar-refractivity contribution is 0.415. The van der Waals surface area contributed by atoms with E-state index in [1.165, 1.54) is 0 Å². The molecule has 0 radical (unpaired) electrons. The molecule has 1 aromatic heterocycles. The molecule has 0 unspecified atom stereocenters. The van der Waals surface area contributed by atoms with E-state index in [-0.39, 0.29) is 0 Å². The highest BCUT2D eigenvalue weighted by Crippen LogP contribution is 2.35. The molecule has 0 aliphatic carbocycles. The van der Waals surface area contributed by atoms with Crippen molar-refractivity contribution in [2.75, 3.05) is 12.4 Å². The molecule has 0 aliphatic rings. The van der Waals surface area contributed by atoms with Crippen LogP contribution in [0.5, 0.6) is 5.75 Å². The van der Waals surface area contributed by atoms with Gasteiger partial charge in [-0.2, -0.15) is 0 Å². The number of hydrogen-bond donors (Lipinski definition) is 1. The third-order valence-corrected chi connectivity index (χ3v) is 4.78. The van der Waals surface area contributed by atoms with Gasteiger partial charge >= 0.3 is 0 Å². The van der Waals surface area contributed by atoms with Gasteiger partial charge in [0.1, 0.15) is 5.75 Å². The molecule has 0 spiro atoms. The molecule has 3 rings (SSSR count). The number of rotatable bonds is 4. The van der Waals surface area contributed by atoms with E-state index in [0.717, 1.165) is 32.7 Å². The molecule has 0 saturated heterocycles. The number of methoxy groups -OCH3 is 1. The summed E-state index contributed by atoms with van der Waals surface area (Å²) in [6.07, 6.45) is 0. The maximum absolute atomic E-state index is 6.18. The smallest absolute Gasteiger partial charge is 0.188 e. The second-order valence-electron chi connectivity index (χ2n) is 4.90. The summed E-state index contributed by atoms with van der Waals surface area (Å²) in [7, 11) is 1.65. The highest BCUT2D eigenvalue weighted by Gasteiger charge is 2.11. The third kappa shape index (κ3) is 3.61. The Morgan fingerprint density at radius 2 is 1.83 bits per heavy atom. The predicted octanol–water partition coefficient (Wildman–Crippen LogP) is 6.18. The van der Waals surface area contributed by atoms with Crippen molar-refractivity contribution in [3.05, 3.63) is 57.4 Å². The number of benzene rings is 2. The fraction of sp³-hybridized carbons (Fsp3) is 0.118. The highest BCUT2D eigenvalue weighted by atomic mass is 35.5. The largest absolute Gasteiger partial charge is 0.497 e. The number of aryl methyl sites for hydroxylation is 1. The van der Waals surface area contributed by atoms with E-state index in [1.54, 1.807) is 36.6 Å². The molecular formula is C17H14Cl2N2OS. The monoisotopic (exact) mass is 364 g/mol. The Bertz CT molecular complexity index is 831. The van der Waals surface area contributed by atoms with Crippen LogP contribution >= 0.6 is 34.5 Å². The van der Waals surface area contributed by atoms with Gasteiger partial charge in [0.2, 0.25) is 0 Å². The highest BCUT2D eigenvalue weighted by molar-refractivity contribution is 7.16. The number of nitrogens with zero attached hydrogens (tertiary/aromatic N) is 1. The summed E-state index contributed by atoms with van der Waals surface area (Å²) in [6.45, 7) is 2.04. The molecule has 0 atom stereocenters. The summed E-state index contributed by atoms with van der Waals surface area (Å²) in [5.41, 5.74) is 2.73. The fourth-order valence-corrected chi connectivity index (χ4v) is 3.36. The molecule has 23 heavy (non-hydrogen) atoms. The first kappa shape index (κ1) is 16.1. The van der Waals surface area contributed by atoms with Crippen LogP contribution in [0, 0.1) is 6.92 Å². The van der Waals surface area contributed by atoms with Crippen molar-refractivity contribution in [3.8, 4) is 17.0 Å². The van der Waals surface area contributed by atoms with E-state index in [9.17, 15) is 0 Å². The average Bonchev–Trinajstić information content (AvgIpc) is 2.91. The van der Waals surface area contributed by atoms with Crippen molar-refractivity contribution in [3.63, 3.8) is 0 Å². The minimum atomic E-state index is 0.605. The van der Waals surface area contributed by atoms with E-state index in [1.807, 2.05) is 31.2 Å². The maximum atomic E-state index is 6.18. The number of halogens is 2. The Morgan fingerprint density at radius 1 is 1.09 bits per heavy atom. The van der Waals surface area contributed by atoms with Crippen molar-refractivity contribution in [1.82, 2.24) is 4.98 Å². The van der Waals surface area contributed by atoms with Crippen LogP contribution in [0.4, 0.5) is 10.8 Å². The normalized spacial score (nSPS) is 10.6. The van der Waals surface area contributed by atoms with Crippen LogP contribution in [0.1, 0.15) is 4.88 Å². The summed E-state index contributed by atoms with van der Waals surface area (Å²) < 4.78 is 5.19. The lowest BCUT2D eigenvalue weighted by Gasteiger charge is -2.05. The van der Waals surface area contributed by atoms with Gasteiger partial charge < -0.3 is 10.1 Å². The molecule has 0 amide bonds. The number of anilines is 2. The second kappa shape index (κ2) is 6.79. The molecule has 0 bridgehead atoms. The summed E-state index contributed by atoms with van der Waals surface area (Å²) >= 11 is 13.8. The first-order valence-corrected chi connectivity index (χ1v) is 8.48. The molecule has 2 aromatic carbocycles. The Labute approximate surface area is 148 Å². The standard InChI is InChI=1S/C17H14Cl2N2OS/c1-10-16(11-3-6-13(22-2)7-4-11)21-17(23-10)20-15-9-12(18)5-8-14(15)19/h3-9H,1-2H3,(H,20,21). The van der Waals surface area contributed by atoms with Gasteiger partial charge in [-0.25, -0.2) is 4.98 Å². The van der Waals surface area contributed by atoms with Crippen LogP contribution in [0.3, 0.4) is 0 Å². The maximum Gasteiger partial charge on any atom is 0.188 e. The first-order valence-electron chi connectivity index (χ1n) is 6.91. The van der Waals surface area contributed by atoms with Crippen LogP contribution in [-0.4, -0.2) is 12.1 Å². The van der Waals surface area contributed by atoms with E-state index in [2.05, 4.69) is 10.3 Å². The SMILES string of the molecule is COc1ccc(-c2nc(Nc3cc(Cl)ccc3Cl)sc2C)cc1. The molecule has 1 N–H and O–H groups in total. The van der Waals surface area contributed by atoms with Crippen LogP contribution in [0.2, 0.25) is 10.0 Å². The van der Waals surface area contributed by atoms with Crippen molar-refractivity contribution >= 4 is 45.4 Å². The van der Waals surface area contributed by atoms with Gasteiger partial charge in [-0.05, 0) is 49.4 Å². The van der Waals surface area contributed by atoms with Crippen molar-refractivity contribution in [2.24, 2.45) is 0 Å². The molecule has 0 fully saturated rings. The Balaban J connectivity index is 1.89. The molecular weight excluding hydrogens is 351 g/mol. The molecule has 6 heteroatoms. The van der Waals surface area contributed by atoms with E-state index in [4.69, 9.17) is 27.9 Å². The fourth-order valence-electron chi connectivity index (χ4n) is 2.18. The molecule has 0 aliphatic heterocycles. The molecule has 3 aromatic rings. The summed E-state index contributed by atoms with van der Waals surface area (Å²) in [4.78, 5) is 5.79. The Hall–Kier alpha value is -1.75. The van der Waals surface area contributed by atoms with Gasteiger partial charge in [0.05, 0.1) is 23.5 Å². The Morgan fingerprint density at radius 3 is 2.52 bits per heavy atom. The number of thiazole rings is 1. The van der Waals surface area contributed by atoms with Crippen molar-refractivity contribution in [1.29, 1.82) is 0 Å². The predicted molar refractivity (Wildman–Crippen MR) is 98.6 cm³/mol. The number of aromatic nitrogens is 1. The quantitative estimate of drug-likeness (QED) is 0.600. The zero-order valence-corrected chi connectivity index (χ0v) is 14.9. The van der Waals surface area contributed by atoms with Gasteiger partial charge in [0.15, 0.2) is 5.13 Å². The van der Waals surface area contributed by atoms with Gasteiger partial charge in [-0.1, -0.05) is 23.2 Å². The zero-order valence-electron chi connectivity index (χ0n) is 12.6. The van der Waals surface area contributed by atoms with Crippen LogP contribution in [0.15, 0.2) is 42.5 Å². The number of ether oxygens (including phenoxy) is 1. The van der Waals surface area contributed by atoms with Gasteiger partial charge in [-0.15, -0.1) is 11.3 Å². The molecule has 118 valence electrons. The first-order chi connectivity index (χ1) is 11.1. The lowest BCUT2D eigenvalue weighted by Crippen LogP contribution is -1.91. The lowest BCUT2D eigenvalue weighted by atomic mass is 10.1.